The second-order valence-electron chi connectivity index (χ2n) is 6.78. The second kappa shape index (κ2) is 7.78. The van der Waals surface area contributed by atoms with Crippen LogP contribution in [0.15, 0.2) is 24.5 Å². The Bertz CT molecular complexity index is 716. The Morgan fingerprint density at radius 1 is 1.20 bits per heavy atom. The lowest BCUT2D eigenvalue weighted by Crippen LogP contribution is -2.39. The fourth-order valence-corrected chi connectivity index (χ4v) is 3.36. The first-order chi connectivity index (χ1) is 12.1. The molecule has 1 amide bonds. The van der Waals surface area contributed by atoms with Crippen molar-refractivity contribution in [3.8, 4) is 0 Å². The van der Waals surface area contributed by atoms with Crippen molar-refractivity contribution in [2.45, 2.75) is 39.8 Å². The first-order valence-electron chi connectivity index (χ1n) is 8.80. The van der Waals surface area contributed by atoms with Gasteiger partial charge < -0.3 is 14.2 Å². The molecule has 0 N–H and O–H groups in total. The number of aryl methyl sites for hydroxylation is 2. The van der Waals surface area contributed by atoms with E-state index in [0.717, 1.165) is 49.7 Å². The molecule has 6 heteroatoms. The number of methoxy groups -OCH3 is 1. The van der Waals surface area contributed by atoms with Crippen molar-refractivity contribution in [2.75, 3.05) is 20.2 Å². The summed E-state index contributed by atoms with van der Waals surface area (Å²) in [6.45, 7) is 7.07. The fourth-order valence-electron chi connectivity index (χ4n) is 3.36. The molecule has 0 unspecified atom stereocenters. The van der Waals surface area contributed by atoms with E-state index in [0.29, 0.717) is 18.1 Å². The van der Waals surface area contributed by atoms with Crippen molar-refractivity contribution in [1.82, 2.24) is 19.4 Å². The van der Waals surface area contributed by atoms with Crippen LogP contribution in [0.3, 0.4) is 0 Å². The van der Waals surface area contributed by atoms with Crippen LogP contribution in [0.25, 0.3) is 0 Å². The highest BCUT2D eigenvalue weighted by Gasteiger charge is 2.25. The highest BCUT2D eigenvalue weighted by Crippen LogP contribution is 2.22. The lowest BCUT2D eigenvalue weighted by atomic mass is 9.96. The molecule has 0 aliphatic carbocycles. The highest BCUT2D eigenvalue weighted by atomic mass is 16.5. The summed E-state index contributed by atoms with van der Waals surface area (Å²) in [5.74, 6) is 1.62. The van der Waals surface area contributed by atoms with Crippen LogP contribution in [0.1, 0.15) is 40.4 Å². The van der Waals surface area contributed by atoms with E-state index in [-0.39, 0.29) is 5.91 Å². The molecule has 0 spiro atoms. The minimum atomic E-state index is 0.0878. The molecule has 0 bridgehead atoms. The Morgan fingerprint density at radius 2 is 1.96 bits per heavy atom. The van der Waals surface area contributed by atoms with E-state index in [4.69, 9.17) is 4.74 Å². The van der Waals surface area contributed by atoms with Gasteiger partial charge in [0.25, 0.3) is 5.91 Å². The fraction of sp³-hybridized carbons (Fsp3) is 0.526. The molecule has 0 saturated carbocycles. The molecule has 134 valence electrons. The Morgan fingerprint density at radius 3 is 2.60 bits per heavy atom. The zero-order valence-electron chi connectivity index (χ0n) is 15.2. The predicted octanol–water partition coefficient (Wildman–Crippen LogP) is 2.59. The quantitative estimate of drug-likeness (QED) is 0.838. The summed E-state index contributed by atoms with van der Waals surface area (Å²) in [4.78, 5) is 23.2. The van der Waals surface area contributed by atoms with E-state index in [2.05, 4.69) is 21.5 Å². The number of rotatable bonds is 5. The van der Waals surface area contributed by atoms with Crippen molar-refractivity contribution in [3.63, 3.8) is 0 Å². The van der Waals surface area contributed by atoms with Crippen LogP contribution < -0.4 is 0 Å². The zero-order valence-corrected chi connectivity index (χ0v) is 15.2. The van der Waals surface area contributed by atoms with Gasteiger partial charge in [-0.3, -0.25) is 9.78 Å². The smallest absolute Gasteiger partial charge is 0.255 e. The summed E-state index contributed by atoms with van der Waals surface area (Å²) in [5.41, 5.74) is 2.77. The molecule has 0 radical (unpaired) electrons. The molecule has 6 nitrogen and oxygen atoms in total. The molecule has 2 aromatic rings. The van der Waals surface area contributed by atoms with E-state index in [9.17, 15) is 4.79 Å². The number of amides is 1. The Hall–Kier alpha value is -2.21. The lowest BCUT2D eigenvalue weighted by molar-refractivity contribution is 0.0680. The molecule has 1 aliphatic heterocycles. The van der Waals surface area contributed by atoms with Crippen molar-refractivity contribution in [2.24, 2.45) is 5.92 Å². The van der Waals surface area contributed by atoms with Crippen LogP contribution in [0.4, 0.5) is 0 Å². The molecular weight excluding hydrogens is 316 g/mol. The molecule has 1 aliphatic rings. The molecule has 2 aromatic heterocycles. The Kier molecular flexibility index (Phi) is 5.48. The van der Waals surface area contributed by atoms with E-state index >= 15 is 0 Å². The normalized spacial score (nSPS) is 15.6. The third-order valence-corrected chi connectivity index (χ3v) is 4.91. The monoisotopic (exact) mass is 342 g/mol. The molecule has 1 fully saturated rings. The molecule has 1 saturated heterocycles. The number of carbonyl (C=O) groups excluding carboxylic acids is 1. The van der Waals surface area contributed by atoms with Gasteiger partial charge >= 0.3 is 0 Å². The largest absolute Gasteiger partial charge is 0.377 e. The van der Waals surface area contributed by atoms with E-state index in [1.807, 2.05) is 30.2 Å². The summed E-state index contributed by atoms with van der Waals surface area (Å²) in [6, 6.07) is 3.75. The van der Waals surface area contributed by atoms with Gasteiger partial charge in [-0.25, -0.2) is 4.98 Å². The van der Waals surface area contributed by atoms with E-state index in [1.54, 1.807) is 13.3 Å². The summed E-state index contributed by atoms with van der Waals surface area (Å²) in [5, 5.41) is 0. The third-order valence-electron chi connectivity index (χ3n) is 4.91. The topological polar surface area (TPSA) is 60.2 Å². The van der Waals surface area contributed by atoms with Crippen LogP contribution in [0, 0.1) is 19.8 Å². The van der Waals surface area contributed by atoms with Crippen molar-refractivity contribution >= 4 is 5.91 Å². The molecule has 0 atom stereocenters. The number of hydrogen-bond donors (Lipinski definition) is 0. The van der Waals surface area contributed by atoms with Gasteiger partial charge in [-0.2, -0.15) is 0 Å². The Labute approximate surface area is 148 Å². The number of pyridine rings is 1. The molecule has 3 heterocycles. The summed E-state index contributed by atoms with van der Waals surface area (Å²) < 4.78 is 7.48. The first kappa shape index (κ1) is 17.6. The zero-order chi connectivity index (χ0) is 17.8. The SMILES string of the molecule is COCc1ncc(C)n1CC1CCN(C(=O)c2ccc(C)nc2)CC1. The van der Waals surface area contributed by atoms with Crippen molar-refractivity contribution < 1.29 is 9.53 Å². The minimum Gasteiger partial charge on any atom is -0.377 e. The molecule has 3 rings (SSSR count). The average Bonchev–Trinajstić information content (AvgIpc) is 2.96. The first-order valence-corrected chi connectivity index (χ1v) is 8.80. The van der Waals surface area contributed by atoms with Crippen molar-refractivity contribution in [3.05, 3.63) is 47.3 Å². The number of aromatic nitrogens is 3. The third kappa shape index (κ3) is 4.07. The predicted molar refractivity (Wildman–Crippen MR) is 95.3 cm³/mol. The van der Waals surface area contributed by atoms with Gasteiger partial charge in [0.15, 0.2) is 0 Å². The number of likely N-dealkylation sites (tertiary alicyclic amines) is 1. The van der Waals surface area contributed by atoms with Crippen LogP contribution in [-0.2, 0) is 17.9 Å². The minimum absolute atomic E-state index is 0.0878. The average molecular weight is 342 g/mol. The van der Waals surface area contributed by atoms with Crippen LogP contribution >= 0.6 is 0 Å². The number of ether oxygens (including phenoxy) is 1. The van der Waals surface area contributed by atoms with Gasteiger partial charge in [-0.15, -0.1) is 0 Å². The number of piperidine rings is 1. The van der Waals surface area contributed by atoms with Crippen LogP contribution in [0.5, 0.6) is 0 Å². The maximum absolute atomic E-state index is 12.6. The van der Waals surface area contributed by atoms with E-state index < -0.39 is 0 Å². The second-order valence-corrected chi connectivity index (χ2v) is 6.78. The standard InChI is InChI=1S/C19H26N4O2/c1-14-4-5-17(11-20-14)19(24)22-8-6-16(7-9-22)12-23-15(2)10-21-18(23)13-25-3/h4-5,10-11,16H,6-9,12-13H2,1-3H3. The van der Waals surface area contributed by atoms with Gasteiger partial charge in [0.05, 0.1) is 5.56 Å². The van der Waals surface area contributed by atoms with Gasteiger partial charge in [0.1, 0.15) is 12.4 Å². The molecule has 0 aromatic carbocycles. The summed E-state index contributed by atoms with van der Waals surface area (Å²) in [6.07, 6.45) is 5.59. The van der Waals surface area contributed by atoms with Gasteiger partial charge in [-0.05, 0) is 44.7 Å². The number of hydrogen-bond acceptors (Lipinski definition) is 4. The van der Waals surface area contributed by atoms with Crippen LogP contribution in [-0.4, -0.2) is 45.5 Å². The molecular formula is C19H26N4O2. The molecule has 25 heavy (non-hydrogen) atoms. The lowest BCUT2D eigenvalue weighted by Gasteiger charge is -2.32. The van der Waals surface area contributed by atoms with Gasteiger partial charge in [-0.1, -0.05) is 0 Å². The maximum Gasteiger partial charge on any atom is 0.255 e. The maximum atomic E-state index is 12.6. The highest BCUT2D eigenvalue weighted by molar-refractivity contribution is 5.93. The summed E-state index contributed by atoms with van der Waals surface area (Å²) >= 11 is 0. The Balaban J connectivity index is 1.58. The van der Waals surface area contributed by atoms with E-state index in [1.165, 1.54) is 0 Å². The number of carbonyl (C=O) groups is 1. The van der Waals surface area contributed by atoms with Gasteiger partial charge in [0, 0.05) is 50.5 Å². The van der Waals surface area contributed by atoms with Crippen LogP contribution in [0.2, 0.25) is 0 Å². The summed E-state index contributed by atoms with van der Waals surface area (Å²) in [7, 11) is 1.69. The van der Waals surface area contributed by atoms with Gasteiger partial charge in [0.2, 0.25) is 0 Å². The number of nitrogens with zero attached hydrogens (tertiary/aromatic N) is 4. The van der Waals surface area contributed by atoms with Crippen molar-refractivity contribution in [1.29, 1.82) is 0 Å². The number of imidazole rings is 1.